The van der Waals surface area contributed by atoms with Gasteiger partial charge in [0.15, 0.2) is 0 Å². The van der Waals surface area contributed by atoms with Crippen molar-refractivity contribution >= 4 is 21.8 Å². The average Bonchev–Trinajstić information content (AvgIpc) is 2.83. The Morgan fingerprint density at radius 1 is 0.905 bits per heavy atom. The van der Waals surface area contributed by atoms with Gasteiger partial charge >= 0.3 is 0 Å². The number of aromatic nitrogens is 2. The molecular weight excluding hydrogens is 256 g/mol. The Morgan fingerprint density at radius 3 is 2.62 bits per heavy atom. The molecule has 21 heavy (non-hydrogen) atoms. The van der Waals surface area contributed by atoms with E-state index in [-0.39, 0.29) is 0 Å². The van der Waals surface area contributed by atoms with Gasteiger partial charge in [-0.05, 0) is 35.4 Å². The highest BCUT2D eigenvalue weighted by Crippen LogP contribution is 2.30. The molecule has 0 spiro atoms. The van der Waals surface area contributed by atoms with Crippen molar-refractivity contribution < 1.29 is 0 Å². The van der Waals surface area contributed by atoms with Crippen LogP contribution < -0.4 is 0 Å². The first kappa shape index (κ1) is 12.2. The molecule has 102 valence electrons. The molecule has 3 aromatic carbocycles. The fourth-order valence-electron chi connectivity index (χ4n) is 2.97. The molecule has 0 amide bonds. The Bertz CT molecular complexity index is 959. The van der Waals surface area contributed by atoms with Crippen LogP contribution in [-0.4, -0.2) is 9.55 Å². The van der Waals surface area contributed by atoms with Gasteiger partial charge in [0.1, 0.15) is 5.82 Å². The lowest BCUT2D eigenvalue weighted by Gasteiger charge is -2.06. The Morgan fingerprint density at radius 2 is 1.71 bits per heavy atom. The topological polar surface area (TPSA) is 17.8 Å². The summed E-state index contributed by atoms with van der Waals surface area (Å²) in [6.45, 7) is 2.10. The summed E-state index contributed by atoms with van der Waals surface area (Å²) in [5.74, 6) is 1.02. The summed E-state index contributed by atoms with van der Waals surface area (Å²) in [6, 6.07) is 21.3. The molecule has 2 nitrogen and oxygen atoms in total. The van der Waals surface area contributed by atoms with Crippen LogP contribution in [-0.2, 0) is 7.05 Å². The minimum Gasteiger partial charge on any atom is -0.327 e. The van der Waals surface area contributed by atoms with Crippen LogP contribution >= 0.6 is 0 Å². The molecule has 4 rings (SSSR count). The van der Waals surface area contributed by atoms with E-state index < -0.39 is 0 Å². The average molecular weight is 272 g/mol. The molecule has 0 unspecified atom stereocenters. The normalized spacial score (nSPS) is 11.3. The molecule has 0 saturated heterocycles. The summed E-state index contributed by atoms with van der Waals surface area (Å²) in [5.41, 5.74) is 4.65. The standard InChI is InChI=1S/C19H16N2/c1-13-10-11-18-17(12-13)20-19(21(18)2)16-9-5-7-14-6-3-4-8-15(14)16/h3-12H,1-2H3. The van der Waals surface area contributed by atoms with Crippen molar-refractivity contribution in [2.24, 2.45) is 7.05 Å². The summed E-state index contributed by atoms with van der Waals surface area (Å²) in [7, 11) is 2.09. The van der Waals surface area contributed by atoms with E-state index in [2.05, 4.69) is 79.2 Å². The first-order valence-electron chi connectivity index (χ1n) is 7.15. The number of hydrogen-bond donors (Lipinski definition) is 0. The number of nitrogens with zero attached hydrogens (tertiary/aromatic N) is 2. The predicted molar refractivity (Wildman–Crippen MR) is 88.4 cm³/mol. The van der Waals surface area contributed by atoms with Gasteiger partial charge in [0.25, 0.3) is 0 Å². The van der Waals surface area contributed by atoms with Gasteiger partial charge in [0.05, 0.1) is 11.0 Å². The van der Waals surface area contributed by atoms with Crippen LogP contribution in [0.15, 0.2) is 60.7 Å². The molecular formula is C19H16N2. The lowest BCUT2D eigenvalue weighted by molar-refractivity contribution is 0.961. The van der Waals surface area contributed by atoms with Crippen LogP contribution in [0.1, 0.15) is 5.56 Å². The van der Waals surface area contributed by atoms with Crippen molar-refractivity contribution in [2.75, 3.05) is 0 Å². The molecule has 0 N–H and O–H groups in total. The Hall–Kier alpha value is -2.61. The third-order valence-electron chi connectivity index (χ3n) is 4.07. The van der Waals surface area contributed by atoms with Gasteiger partial charge in [-0.15, -0.1) is 0 Å². The SMILES string of the molecule is Cc1ccc2c(c1)nc(-c1cccc3ccccc13)n2C. The molecule has 0 fully saturated rings. The zero-order chi connectivity index (χ0) is 14.4. The smallest absolute Gasteiger partial charge is 0.141 e. The predicted octanol–water partition coefficient (Wildman–Crippen LogP) is 4.70. The maximum absolute atomic E-state index is 4.86. The lowest BCUT2D eigenvalue weighted by atomic mass is 10.0. The summed E-state index contributed by atoms with van der Waals surface area (Å²) < 4.78 is 2.18. The summed E-state index contributed by atoms with van der Waals surface area (Å²) in [4.78, 5) is 4.86. The minimum absolute atomic E-state index is 1.02. The van der Waals surface area contributed by atoms with Gasteiger partial charge in [-0.3, -0.25) is 0 Å². The quantitative estimate of drug-likeness (QED) is 0.491. The first-order valence-corrected chi connectivity index (χ1v) is 7.15. The van der Waals surface area contributed by atoms with Gasteiger partial charge in [-0.1, -0.05) is 48.5 Å². The number of fused-ring (bicyclic) bond motifs is 2. The van der Waals surface area contributed by atoms with Crippen molar-refractivity contribution in [1.82, 2.24) is 9.55 Å². The van der Waals surface area contributed by atoms with E-state index >= 15 is 0 Å². The molecule has 0 atom stereocenters. The van der Waals surface area contributed by atoms with Crippen molar-refractivity contribution in [3.05, 3.63) is 66.2 Å². The zero-order valence-electron chi connectivity index (χ0n) is 12.2. The number of imidazole rings is 1. The van der Waals surface area contributed by atoms with Crippen molar-refractivity contribution in [1.29, 1.82) is 0 Å². The highest BCUT2D eigenvalue weighted by molar-refractivity contribution is 5.96. The molecule has 2 heteroatoms. The summed E-state index contributed by atoms with van der Waals surface area (Å²) in [5, 5.41) is 2.49. The third-order valence-corrected chi connectivity index (χ3v) is 4.07. The van der Waals surface area contributed by atoms with Gasteiger partial charge in [0, 0.05) is 12.6 Å². The van der Waals surface area contributed by atoms with Crippen LogP contribution in [0.2, 0.25) is 0 Å². The second-order valence-corrected chi connectivity index (χ2v) is 5.51. The minimum atomic E-state index is 1.02. The maximum Gasteiger partial charge on any atom is 0.141 e. The van der Waals surface area contributed by atoms with Crippen LogP contribution in [0.25, 0.3) is 33.2 Å². The molecule has 0 saturated carbocycles. The van der Waals surface area contributed by atoms with Gasteiger partial charge in [0.2, 0.25) is 0 Å². The second-order valence-electron chi connectivity index (χ2n) is 5.51. The van der Waals surface area contributed by atoms with E-state index in [0.717, 1.165) is 11.3 Å². The Kier molecular flexibility index (Phi) is 2.58. The highest BCUT2D eigenvalue weighted by atomic mass is 15.1. The van der Waals surface area contributed by atoms with Crippen LogP contribution in [0.3, 0.4) is 0 Å². The summed E-state index contributed by atoms with van der Waals surface area (Å²) in [6.07, 6.45) is 0. The summed E-state index contributed by atoms with van der Waals surface area (Å²) >= 11 is 0. The first-order chi connectivity index (χ1) is 10.2. The number of rotatable bonds is 1. The van der Waals surface area contributed by atoms with E-state index in [0.29, 0.717) is 0 Å². The maximum atomic E-state index is 4.86. The molecule has 4 aromatic rings. The number of benzene rings is 3. The van der Waals surface area contributed by atoms with E-state index in [1.54, 1.807) is 0 Å². The van der Waals surface area contributed by atoms with Crippen molar-refractivity contribution in [3.63, 3.8) is 0 Å². The number of aryl methyl sites for hydroxylation is 2. The molecule has 1 aromatic heterocycles. The van der Waals surface area contributed by atoms with Gasteiger partial charge in [-0.25, -0.2) is 4.98 Å². The molecule has 1 heterocycles. The van der Waals surface area contributed by atoms with Crippen molar-refractivity contribution in [3.8, 4) is 11.4 Å². The molecule has 0 aliphatic heterocycles. The van der Waals surface area contributed by atoms with Crippen molar-refractivity contribution in [2.45, 2.75) is 6.92 Å². The fourth-order valence-corrected chi connectivity index (χ4v) is 2.97. The third kappa shape index (κ3) is 1.83. The molecule has 0 aliphatic carbocycles. The highest BCUT2D eigenvalue weighted by Gasteiger charge is 2.12. The number of hydrogen-bond acceptors (Lipinski definition) is 1. The van der Waals surface area contributed by atoms with E-state index in [1.165, 1.54) is 27.4 Å². The second kappa shape index (κ2) is 4.45. The van der Waals surface area contributed by atoms with Crippen LogP contribution in [0, 0.1) is 6.92 Å². The Labute approximate surface area is 123 Å². The van der Waals surface area contributed by atoms with E-state index in [1.807, 2.05) is 0 Å². The monoisotopic (exact) mass is 272 g/mol. The Balaban J connectivity index is 2.07. The van der Waals surface area contributed by atoms with Crippen LogP contribution in [0.5, 0.6) is 0 Å². The molecule has 0 bridgehead atoms. The van der Waals surface area contributed by atoms with Crippen LogP contribution in [0.4, 0.5) is 0 Å². The molecule has 0 aliphatic rings. The largest absolute Gasteiger partial charge is 0.327 e. The zero-order valence-corrected chi connectivity index (χ0v) is 12.2. The van der Waals surface area contributed by atoms with E-state index in [4.69, 9.17) is 4.98 Å². The van der Waals surface area contributed by atoms with E-state index in [9.17, 15) is 0 Å². The molecule has 0 radical (unpaired) electrons. The lowest BCUT2D eigenvalue weighted by Crippen LogP contribution is -1.93. The fraction of sp³-hybridized carbons (Fsp3) is 0.105. The van der Waals surface area contributed by atoms with Gasteiger partial charge < -0.3 is 4.57 Å². The van der Waals surface area contributed by atoms with Gasteiger partial charge in [-0.2, -0.15) is 0 Å².